The summed E-state index contributed by atoms with van der Waals surface area (Å²) in [6, 6.07) is 16.3. The van der Waals surface area contributed by atoms with Crippen molar-refractivity contribution < 1.29 is 14.6 Å². The molecule has 1 aromatic heterocycles. The number of carboxylic acid groups (broad SMARTS) is 1. The van der Waals surface area contributed by atoms with E-state index in [9.17, 15) is 4.79 Å². The monoisotopic (exact) mass is 351 g/mol. The highest BCUT2D eigenvalue weighted by atomic mass is 35.5. The summed E-state index contributed by atoms with van der Waals surface area (Å²) in [6.45, 7) is 0.464. The third kappa shape index (κ3) is 3.04. The minimum absolute atomic E-state index is 0.272. The minimum atomic E-state index is -0.929. The van der Waals surface area contributed by atoms with E-state index in [0.717, 1.165) is 33.8 Å². The van der Waals surface area contributed by atoms with E-state index in [1.54, 1.807) is 24.3 Å². The van der Waals surface area contributed by atoms with Crippen LogP contribution in [0.3, 0.4) is 0 Å². The van der Waals surface area contributed by atoms with E-state index < -0.39 is 5.97 Å². The van der Waals surface area contributed by atoms with E-state index in [-0.39, 0.29) is 5.56 Å². The summed E-state index contributed by atoms with van der Waals surface area (Å²) >= 11 is 5.99. The highest BCUT2D eigenvalue weighted by molar-refractivity contribution is 6.30. The Hall–Kier alpha value is -2.98. The Labute approximate surface area is 149 Å². The van der Waals surface area contributed by atoms with Gasteiger partial charge in [0.1, 0.15) is 12.4 Å². The van der Waals surface area contributed by atoms with Gasteiger partial charge >= 0.3 is 5.97 Å². The fraction of sp³-hybridized carbons (Fsp3) is 0.0500. The van der Waals surface area contributed by atoms with Crippen LogP contribution in [0.25, 0.3) is 22.9 Å². The highest BCUT2D eigenvalue weighted by Gasteiger charge is 2.15. The molecule has 2 N–H and O–H groups in total. The maximum atomic E-state index is 10.9. The maximum Gasteiger partial charge on any atom is 0.335 e. The van der Waals surface area contributed by atoms with Crippen molar-refractivity contribution in [3.05, 3.63) is 76.4 Å². The number of carbonyl (C=O) groups is 1. The van der Waals surface area contributed by atoms with E-state index in [0.29, 0.717) is 11.6 Å². The van der Waals surface area contributed by atoms with Crippen molar-refractivity contribution >= 4 is 29.2 Å². The van der Waals surface area contributed by atoms with Gasteiger partial charge in [-0.25, -0.2) is 4.79 Å². The lowest BCUT2D eigenvalue weighted by atomic mass is 10.1. The van der Waals surface area contributed by atoms with Gasteiger partial charge in [0, 0.05) is 27.5 Å². The first-order valence-corrected chi connectivity index (χ1v) is 8.14. The zero-order chi connectivity index (χ0) is 17.4. The summed E-state index contributed by atoms with van der Waals surface area (Å²) in [5, 5.41) is 9.64. The number of H-pyrrole nitrogens is 1. The Balaban J connectivity index is 1.63. The van der Waals surface area contributed by atoms with Gasteiger partial charge in [0.25, 0.3) is 0 Å². The van der Waals surface area contributed by atoms with Gasteiger partial charge in [-0.3, -0.25) is 0 Å². The Kier molecular flexibility index (Phi) is 3.82. The molecule has 1 aliphatic rings. The van der Waals surface area contributed by atoms with Crippen molar-refractivity contribution in [2.24, 2.45) is 0 Å². The topological polar surface area (TPSA) is 62.3 Å². The van der Waals surface area contributed by atoms with Crippen LogP contribution < -0.4 is 4.74 Å². The van der Waals surface area contributed by atoms with E-state index >= 15 is 0 Å². The molecule has 0 fully saturated rings. The molecule has 2 aromatic carbocycles. The normalized spacial score (nSPS) is 12.9. The second kappa shape index (κ2) is 6.15. The first kappa shape index (κ1) is 15.5. The van der Waals surface area contributed by atoms with Gasteiger partial charge < -0.3 is 14.8 Å². The molecule has 0 saturated carbocycles. The maximum absolute atomic E-state index is 10.9. The molecule has 0 saturated heterocycles. The molecule has 3 aromatic rings. The number of hydrogen-bond acceptors (Lipinski definition) is 2. The number of benzene rings is 2. The fourth-order valence-electron chi connectivity index (χ4n) is 2.84. The van der Waals surface area contributed by atoms with Crippen molar-refractivity contribution in [2.45, 2.75) is 0 Å². The lowest BCUT2D eigenvalue weighted by Gasteiger charge is -2.17. The van der Waals surface area contributed by atoms with E-state index in [1.165, 1.54) is 0 Å². The van der Waals surface area contributed by atoms with Crippen molar-refractivity contribution in [1.82, 2.24) is 4.98 Å². The summed E-state index contributed by atoms with van der Waals surface area (Å²) in [6.07, 6.45) is 2.08. The number of ether oxygens (including phenoxy) is 1. The molecule has 1 aliphatic heterocycles. The number of carboxylic acids is 1. The van der Waals surface area contributed by atoms with E-state index in [4.69, 9.17) is 21.4 Å². The first-order chi connectivity index (χ1) is 12.1. The van der Waals surface area contributed by atoms with Crippen molar-refractivity contribution in [3.8, 4) is 17.0 Å². The molecule has 0 bridgehead atoms. The molecule has 4 rings (SSSR count). The zero-order valence-electron chi connectivity index (χ0n) is 13.1. The molecular formula is C20H14ClNO3. The average Bonchev–Trinajstić information content (AvgIpc) is 3.11. The van der Waals surface area contributed by atoms with Crippen LogP contribution in [0.4, 0.5) is 0 Å². The number of nitrogens with one attached hydrogen (secondary N) is 1. The molecular weight excluding hydrogens is 338 g/mol. The van der Waals surface area contributed by atoms with Crippen LogP contribution >= 0.6 is 11.6 Å². The minimum Gasteiger partial charge on any atom is -0.488 e. The molecule has 0 atom stereocenters. The molecule has 0 amide bonds. The quantitative estimate of drug-likeness (QED) is 0.700. The van der Waals surface area contributed by atoms with Gasteiger partial charge in [-0.2, -0.15) is 0 Å². The molecule has 124 valence electrons. The fourth-order valence-corrected chi connectivity index (χ4v) is 3.00. The third-order valence-electron chi connectivity index (χ3n) is 4.16. The second-order valence-corrected chi connectivity index (χ2v) is 6.25. The van der Waals surface area contributed by atoms with Crippen molar-refractivity contribution in [1.29, 1.82) is 0 Å². The summed E-state index contributed by atoms with van der Waals surface area (Å²) < 4.78 is 5.79. The molecule has 0 spiro atoms. The zero-order valence-corrected chi connectivity index (χ0v) is 13.9. The van der Waals surface area contributed by atoms with Gasteiger partial charge in [-0.05, 0) is 54.1 Å². The van der Waals surface area contributed by atoms with Crippen LogP contribution in [-0.4, -0.2) is 22.7 Å². The second-order valence-electron chi connectivity index (χ2n) is 5.81. The predicted octanol–water partition coefficient (Wildman–Crippen LogP) is 4.97. The molecule has 5 heteroatoms. The number of hydrogen-bond donors (Lipinski definition) is 2. The lowest BCUT2D eigenvalue weighted by Crippen LogP contribution is -2.06. The standard InChI is InChI=1S/C20H14ClNO3/c21-16-6-5-14-9-15(11-25-19(14)10-16)18-8-7-17(22-18)12-1-3-13(4-2-12)20(23)24/h1-10,22H,11H2,(H,23,24). The molecule has 0 radical (unpaired) electrons. The summed E-state index contributed by atoms with van der Waals surface area (Å²) in [5.74, 6) is -0.144. The Bertz CT molecular complexity index is 986. The van der Waals surface area contributed by atoms with Crippen LogP contribution in [0.2, 0.25) is 5.02 Å². The number of halogens is 1. The Morgan fingerprint density at radius 1 is 1.04 bits per heavy atom. The number of rotatable bonds is 3. The van der Waals surface area contributed by atoms with Gasteiger partial charge in [0.05, 0.1) is 5.56 Å². The Morgan fingerprint density at radius 2 is 1.80 bits per heavy atom. The van der Waals surface area contributed by atoms with Crippen LogP contribution in [0.15, 0.2) is 54.6 Å². The van der Waals surface area contributed by atoms with Crippen LogP contribution in [0.1, 0.15) is 21.6 Å². The van der Waals surface area contributed by atoms with E-state index in [2.05, 4.69) is 11.1 Å². The average molecular weight is 352 g/mol. The number of aromatic amines is 1. The van der Waals surface area contributed by atoms with Gasteiger partial charge in [-0.15, -0.1) is 0 Å². The van der Waals surface area contributed by atoms with E-state index in [1.807, 2.05) is 30.3 Å². The molecule has 0 unspecified atom stereocenters. The number of aromatic nitrogens is 1. The summed E-state index contributed by atoms with van der Waals surface area (Å²) in [5.41, 5.74) is 5.14. The van der Waals surface area contributed by atoms with Gasteiger partial charge in [-0.1, -0.05) is 23.7 Å². The lowest BCUT2D eigenvalue weighted by molar-refractivity contribution is 0.0697. The first-order valence-electron chi connectivity index (χ1n) is 7.76. The van der Waals surface area contributed by atoms with Gasteiger partial charge in [0.2, 0.25) is 0 Å². The highest BCUT2D eigenvalue weighted by Crippen LogP contribution is 2.33. The van der Waals surface area contributed by atoms with Crippen LogP contribution in [-0.2, 0) is 0 Å². The summed E-state index contributed by atoms with van der Waals surface area (Å²) in [7, 11) is 0. The third-order valence-corrected chi connectivity index (χ3v) is 4.40. The number of aromatic carboxylic acids is 1. The molecule has 2 heterocycles. The molecule has 4 nitrogen and oxygen atoms in total. The van der Waals surface area contributed by atoms with Gasteiger partial charge in [0.15, 0.2) is 0 Å². The van der Waals surface area contributed by atoms with Crippen LogP contribution in [0, 0.1) is 0 Å². The largest absolute Gasteiger partial charge is 0.488 e. The predicted molar refractivity (Wildman–Crippen MR) is 98.0 cm³/mol. The number of fused-ring (bicyclic) bond motifs is 1. The van der Waals surface area contributed by atoms with Crippen molar-refractivity contribution in [2.75, 3.05) is 6.61 Å². The molecule has 0 aliphatic carbocycles. The van der Waals surface area contributed by atoms with Crippen LogP contribution in [0.5, 0.6) is 5.75 Å². The van der Waals surface area contributed by atoms with Crippen molar-refractivity contribution in [3.63, 3.8) is 0 Å². The SMILES string of the molecule is O=C(O)c1ccc(-c2ccc(C3=Cc4ccc(Cl)cc4OC3)[nH]2)cc1. The smallest absolute Gasteiger partial charge is 0.335 e. The summed E-state index contributed by atoms with van der Waals surface area (Å²) in [4.78, 5) is 14.3. The molecule has 25 heavy (non-hydrogen) atoms. The Morgan fingerprint density at radius 3 is 2.56 bits per heavy atom.